The molecule has 0 aromatic heterocycles. The lowest BCUT2D eigenvalue weighted by Crippen LogP contribution is -2.47. The molecule has 2 aromatic rings. The SMILES string of the molecule is CC(C)CCNC(=O)[C@H](C)[C@H]1Sc2ccccc2N(Cc2ccc(F)cc2Cl)C1=O. The first-order valence-electron chi connectivity index (χ1n) is 10.1. The van der Waals surface area contributed by atoms with E-state index in [1.807, 2.05) is 24.3 Å². The minimum absolute atomic E-state index is 0.124. The summed E-state index contributed by atoms with van der Waals surface area (Å²) < 4.78 is 13.4. The third-order valence-corrected chi connectivity index (χ3v) is 6.97. The zero-order valence-electron chi connectivity index (χ0n) is 17.3. The molecule has 2 aromatic carbocycles. The number of rotatable bonds is 7. The molecule has 1 aliphatic heterocycles. The van der Waals surface area contributed by atoms with Gasteiger partial charge >= 0.3 is 0 Å². The fraction of sp³-hybridized carbons (Fsp3) is 0.391. The maximum atomic E-state index is 13.4. The average Bonchev–Trinajstić information content (AvgIpc) is 2.70. The maximum absolute atomic E-state index is 13.4. The summed E-state index contributed by atoms with van der Waals surface area (Å²) in [6, 6.07) is 11.8. The summed E-state index contributed by atoms with van der Waals surface area (Å²) in [6.07, 6.45) is 0.891. The molecule has 0 radical (unpaired) electrons. The molecule has 0 aliphatic carbocycles. The minimum Gasteiger partial charge on any atom is -0.356 e. The molecule has 1 aliphatic rings. The van der Waals surface area contributed by atoms with Crippen molar-refractivity contribution in [1.29, 1.82) is 0 Å². The van der Waals surface area contributed by atoms with Crippen molar-refractivity contribution in [1.82, 2.24) is 5.32 Å². The van der Waals surface area contributed by atoms with Crippen molar-refractivity contribution < 1.29 is 14.0 Å². The molecule has 0 saturated heterocycles. The Bertz CT molecular complexity index is 937. The van der Waals surface area contributed by atoms with Gasteiger partial charge in [0.2, 0.25) is 11.8 Å². The van der Waals surface area contributed by atoms with Crippen LogP contribution in [0.15, 0.2) is 47.4 Å². The number of halogens is 2. The molecule has 160 valence electrons. The van der Waals surface area contributed by atoms with Gasteiger partial charge in [-0.3, -0.25) is 9.59 Å². The molecule has 3 rings (SSSR count). The van der Waals surface area contributed by atoms with Gasteiger partial charge in [-0.25, -0.2) is 4.39 Å². The number of nitrogens with zero attached hydrogens (tertiary/aromatic N) is 1. The molecular weight excluding hydrogens is 423 g/mol. The lowest BCUT2D eigenvalue weighted by atomic mass is 10.0. The Morgan fingerprint density at radius 1 is 1.23 bits per heavy atom. The van der Waals surface area contributed by atoms with E-state index in [1.54, 1.807) is 17.9 Å². The van der Waals surface area contributed by atoms with Crippen molar-refractivity contribution in [3.63, 3.8) is 0 Å². The van der Waals surface area contributed by atoms with E-state index in [2.05, 4.69) is 19.2 Å². The Hall–Kier alpha value is -2.05. The quantitative estimate of drug-likeness (QED) is 0.626. The van der Waals surface area contributed by atoms with Crippen LogP contribution in [0.4, 0.5) is 10.1 Å². The summed E-state index contributed by atoms with van der Waals surface area (Å²) in [5.74, 6) is -0.691. The van der Waals surface area contributed by atoms with Crippen molar-refractivity contribution >= 4 is 40.9 Å². The Kier molecular flexibility index (Phi) is 7.42. The Balaban J connectivity index is 1.84. The van der Waals surface area contributed by atoms with Gasteiger partial charge in [0.1, 0.15) is 11.1 Å². The van der Waals surface area contributed by atoms with Crippen LogP contribution in [0, 0.1) is 17.7 Å². The molecule has 1 N–H and O–H groups in total. The number of carbonyl (C=O) groups is 2. The molecule has 0 saturated carbocycles. The van der Waals surface area contributed by atoms with E-state index in [0.29, 0.717) is 18.0 Å². The molecule has 4 nitrogen and oxygen atoms in total. The standard InChI is InChI=1S/C23H26ClFN2O2S/c1-14(2)10-11-26-22(28)15(3)21-23(29)27(19-6-4-5-7-20(19)30-21)13-16-8-9-17(25)12-18(16)24/h4-9,12,14-15,21H,10-11,13H2,1-3H3,(H,26,28)/t15-,21-/m1/s1. The lowest BCUT2D eigenvalue weighted by molar-refractivity contribution is -0.128. The number of anilines is 1. The number of hydrogen-bond donors (Lipinski definition) is 1. The zero-order chi connectivity index (χ0) is 21.8. The fourth-order valence-corrected chi connectivity index (χ4v) is 4.83. The van der Waals surface area contributed by atoms with E-state index in [1.165, 1.54) is 23.9 Å². The topological polar surface area (TPSA) is 49.4 Å². The number of benzene rings is 2. The number of thioether (sulfide) groups is 1. The first kappa shape index (κ1) is 22.6. The molecule has 2 amide bonds. The molecular formula is C23H26ClFN2O2S. The van der Waals surface area contributed by atoms with E-state index >= 15 is 0 Å². The van der Waals surface area contributed by atoms with Crippen LogP contribution in [0.1, 0.15) is 32.8 Å². The third kappa shape index (κ3) is 5.16. The first-order chi connectivity index (χ1) is 14.3. The highest BCUT2D eigenvalue weighted by Gasteiger charge is 2.39. The highest BCUT2D eigenvalue weighted by Crippen LogP contribution is 2.42. The van der Waals surface area contributed by atoms with Crippen molar-refractivity contribution in [2.45, 2.75) is 43.9 Å². The van der Waals surface area contributed by atoms with E-state index in [-0.39, 0.29) is 23.4 Å². The third-order valence-electron chi connectivity index (χ3n) is 5.15. The number of amides is 2. The Morgan fingerprint density at radius 3 is 2.67 bits per heavy atom. The summed E-state index contributed by atoms with van der Waals surface area (Å²) in [5.41, 5.74) is 1.43. The highest BCUT2D eigenvalue weighted by atomic mass is 35.5. The van der Waals surface area contributed by atoms with Gasteiger partial charge in [-0.05, 0) is 42.2 Å². The van der Waals surface area contributed by atoms with Crippen LogP contribution in [0.5, 0.6) is 0 Å². The number of fused-ring (bicyclic) bond motifs is 1. The van der Waals surface area contributed by atoms with Crippen LogP contribution in [0.2, 0.25) is 5.02 Å². The predicted octanol–water partition coefficient (Wildman–Crippen LogP) is 5.29. The van der Waals surface area contributed by atoms with E-state index in [9.17, 15) is 14.0 Å². The summed E-state index contributed by atoms with van der Waals surface area (Å²) in [4.78, 5) is 28.7. The molecule has 2 atom stereocenters. The lowest BCUT2D eigenvalue weighted by Gasteiger charge is -2.36. The second-order valence-corrected chi connectivity index (χ2v) is 9.52. The number of carbonyl (C=O) groups excluding carboxylic acids is 2. The smallest absolute Gasteiger partial charge is 0.241 e. The normalized spacial score (nSPS) is 17.1. The van der Waals surface area contributed by atoms with Gasteiger partial charge in [0.05, 0.1) is 18.2 Å². The van der Waals surface area contributed by atoms with E-state index in [0.717, 1.165) is 17.0 Å². The van der Waals surface area contributed by atoms with Crippen LogP contribution >= 0.6 is 23.4 Å². The molecule has 0 bridgehead atoms. The first-order valence-corrected chi connectivity index (χ1v) is 11.3. The van der Waals surface area contributed by atoms with Gasteiger partial charge in [0.25, 0.3) is 0 Å². The maximum Gasteiger partial charge on any atom is 0.241 e. The minimum atomic E-state index is -0.543. The summed E-state index contributed by atoms with van der Waals surface area (Å²) >= 11 is 7.63. The van der Waals surface area contributed by atoms with Gasteiger partial charge in [-0.15, -0.1) is 11.8 Å². The van der Waals surface area contributed by atoms with E-state index in [4.69, 9.17) is 11.6 Å². The molecule has 30 heavy (non-hydrogen) atoms. The molecule has 0 unspecified atom stereocenters. The second kappa shape index (κ2) is 9.84. The largest absolute Gasteiger partial charge is 0.356 e. The molecule has 1 heterocycles. The monoisotopic (exact) mass is 448 g/mol. The van der Waals surface area contributed by atoms with Crippen LogP contribution in [-0.4, -0.2) is 23.6 Å². The molecule has 0 spiro atoms. The second-order valence-electron chi connectivity index (χ2n) is 7.93. The van der Waals surface area contributed by atoms with Crippen molar-refractivity contribution in [2.75, 3.05) is 11.4 Å². The van der Waals surface area contributed by atoms with E-state index < -0.39 is 17.0 Å². The predicted molar refractivity (Wildman–Crippen MR) is 120 cm³/mol. The van der Waals surface area contributed by atoms with Crippen LogP contribution in [0.3, 0.4) is 0 Å². The highest BCUT2D eigenvalue weighted by molar-refractivity contribution is 8.01. The average molecular weight is 449 g/mol. The van der Waals surface area contributed by atoms with Crippen LogP contribution in [0.25, 0.3) is 0 Å². The summed E-state index contributed by atoms with van der Waals surface area (Å²) in [6.45, 7) is 6.81. The Morgan fingerprint density at radius 2 is 1.97 bits per heavy atom. The van der Waals surface area contributed by atoms with Crippen molar-refractivity contribution in [2.24, 2.45) is 11.8 Å². The molecule has 0 fully saturated rings. The fourth-order valence-electron chi connectivity index (χ4n) is 3.32. The molecule has 7 heteroatoms. The van der Waals surface area contributed by atoms with Crippen molar-refractivity contribution in [3.8, 4) is 0 Å². The van der Waals surface area contributed by atoms with Gasteiger partial charge < -0.3 is 10.2 Å². The van der Waals surface area contributed by atoms with Crippen LogP contribution < -0.4 is 10.2 Å². The van der Waals surface area contributed by atoms with Crippen molar-refractivity contribution in [3.05, 3.63) is 58.9 Å². The van der Waals surface area contributed by atoms with Gasteiger partial charge in [0, 0.05) is 16.5 Å². The van der Waals surface area contributed by atoms with Gasteiger partial charge in [-0.1, -0.05) is 50.6 Å². The summed E-state index contributed by atoms with van der Waals surface area (Å²) in [5, 5.41) is 2.68. The summed E-state index contributed by atoms with van der Waals surface area (Å²) in [7, 11) is 0. The number of hydrogen-bond acceptors (Lipinski definition) is 3. The van der Waals surface area contributed by atoms with Gasteiger partial charge in [0.15, 0.2) is 0 Å². The number of nitrogens with one attached hydrogen (secondary N) is 1. The van der Waals surface area contributed by atoms with Gasteiger partial charge in [-0.2, -0.15) is 0 Å². The zero-order valence-corrected chi connectivity index (χ0v) is 18.9. The van der Waals surface area contributed by atoms with Crippen LogP contribution in [-0.2, 0) is 16.1 Å². The number of para-hydroxylation sites is 1. The Labute approximate surface area is 186 Å².